The molecule has 0 fully saturated rings. The second-order valence-corrected chi connectivity index (χ2v) is 4.12. The van der Waals surface area contributed by atoms with E-state index in [4.69, 9.17) is 5.73 Å². The molecule has 0 aliphatic heterocycles. The van der Waals surface area contributed by atoms with Crippen LogP contribution in [0.3, 0.4) is 0 Å². The van der Waals surface area contributed by atoms with E-state index in [-0.39, 0.29) is 5.91 Å². The molecule has 0 saturated carbocycles. The first-order valence-electron chi connectivity index (χ1n) is 5.78. The molecule has 1 aromatic rings. The summed E-state index contributed by atoms with van der Waals surface area (Å²) >= 11 is 0. The number of nitrogens with one attached hydrogen (secondary N) is 1. The van der Waals surface area contributed by atoms with Crippen molar-refractivity contribution in [3.05, 3.63) is 12.4 Å². The lowest BCUT2D eigenvalue weighted by Gasteiger charge is -2.22. The van der Waals surface area contributed by atoms with Crippen LogP contribution in [0.2, 0.25) is 0 Å². The van der Waals surface area contributed by atoms with Gasteiger partial charge in [-0.2, -0.15) is 5.10 Å². The molecule has 0 aromatic carbocycles. The van der Waals surface area contributed by atoms with Gasteiger partial charge in [-0.15, -0.1) is 0 Å². The predicted octanol–water partition coefficient (Wildman–Crippen LogP) is 0.220. The molecule has 1 atom stereocenters. The van der Waals surface area contributed by atoms with Crippen molar-refractivity contribution >= 4 is 17.6 Å². The van der Waals surface area contributed by atoms with Crippen LogP contribution in [-0.2, 0) is 11.8 Å². The number of anilines is 1. The minimum absolute atomic E-state index is 0.205. The first kappa shape index (κ1) is 14.0. The summed E-state index contributed by atoms with van der Waals surface area (Å²) in [6.07, 6.45) is 4.64. The number of nitrogens with two attached hydrogens (primary N) is 1. The molecule has 18 heavy (non-hydrogen) atoms. The van der Waals surface area contributed by atoms with Crippen molar-refractivity contribution in [2.75, 3.05) is 11.9 Å². The standard InChI is InChI=1S/C11H19N5O2/c1-4-5-9(14-11(12)18)10(17)16(3)8-6-13-15(2)7-8/h6-7,9H,4-5H2,1-3H3,(H3,12,14,18)/t9-/m1/s1. The van der Waals surface area contributed by atoms with Gasteiger partial charge in [0.15, 0.2) is 0 Å². The Hall–Kier alpha value is -2.05. The number of likely N-dealkylation sites (N-methyl/N-ethyl adjacent to an activating group) is 1. The van der Waals surface area contributed by atoms with E-state index in [9.17, 15) is 9.59 Å². The fraction of sp³-hybridized carbons (Fsp3) is 0.545. The Morgan fingerprint density at radius 1 is 1.61 bits per heavy atom. The molecular formula is C11H19N5O2. The third kappa shape index (κ3) is 3.47. The molecule has 0 radical (unpaired) electrons. The van der Waals surface area contributed by atoms with Gasteiger partial charge >= 0.3 is 6.03 Å². The van der Waals surface area contributed by atoms with Gasteiger partial charge in [0.05, 0.1) is 11.9 Å². The van der Waals surface area contributed by atoms with Crippen molar-refractivity contribution in [2.24, 2.45) is 12.8 Å². The number of nitrogens with zero attached hydrogens (tertiary/aromatic N) is 3. The average molecular weight is 253 g/mol. The van der Waals surface area contributed by atoms with Gasteiger partial charge in [0, 0.05) is 20.3 Å². The molecular weight excluding hydrogens is 234 g/mol. The summed E-state index contributed by atoms with van der Waals surface area (Å²) < 4.78 is 1.61. The van der Waals surface area contributed by atoms with E-state index in [1.165, 1.54) is 4.90 Å². The van der Waals surface area contributed by atoms with Crippen molar-refractivity contribution in [1.82, 2.24) is 15.1 Å². The highest BCUT2D eigenvalue weighted by Gasteiger charge is 2.23. The maximum atomic E-state index is 12.2. The molecule has 0 spiro atoms. The third-order valence-electron chi connectivity index (χ3n) is 2.60. The zero-order valence-corrected chi connectivity index (χ0v) is 10.9. The van der Waals surface area contributed by atoms with Crippen molar-refractivity contribution in [1.29, 1.82) is 0 Å². The van der Waals surface area contributed by atoms with Crippen molar-refractivity contribution in [2.45, 2.75) is 25.8 Å². The van der Waals surface area contributed by atoms with Crippen LogP contribution in [0.15, 0.2) is 12.4 Å². The van der Waals surface area contributed by atoms with Crippen molar-refractivity contribution < 1.29 is 9.59 Å². The Balaban J connectivity index is 2.78. The lowest BCUT2D eigenvalue weighted by atomic mass is 10.1. The van der Waals surface area contributed by atoms with Crippen LogP contribution in [0.5, 0.6) is 0 Å². The van der Waals surface area contributed by atoms with Gasteiger partial charge in [-0.05, 0) is 6.42 Å². The zero-order chi connectivity index (χ0) is 13.7. The molecule has 3 amide bonds. The second-order valence-electron chi connectivity index (χ2n) is 4.12. The molecule has 100 valence electrons. The number of carbonyl (C=O) groups is 2. The van der Waals surface area contributed by atoms with E-state index in [0.29, 0.717) is 12.1 Å². The molecule has 7 heteroatoms. The minimum atomic E-state index is -0.693. The second kappa shape index (κ2) is 6.04. The van der Waals surface area contributed by atoms with Crippen LogP contribution in [0.25, 0.3) is 0 Å². The molecule has 1 heterocycles. The molecule has 0 aliphatic carbocycles. The molecule has 3 N–H and O–H groups in total. The molecule has 0 bridgehead atoms. The Kier molecular flexibility index (Phi) is 4.70. The lowest BCUT2D eigenvalue weighted by molar-refractivity contribution is -0.120. The summed E-state index contributed by atoms with van der Waals surface area (Å²) in [5, 5.41) is 6.46. The summed E-state index contributed by atoms with van der Waals surface area (Å²) in [4.78, 5) is 24.5. The fourth-order valence-corrected chi connectivity index (χ4v) is 1.66. The summed E-state index contributed by atoms with van der Waals surface area (Å²) in [7, 11) is 3.41. The third-order valence-corrected chi connectivity index (χ3v) is 2.60. The molecule has 7 nitrogen and oxygen atoms in total. The van der Waals surface area contributed by atoms with Crippen LogP contribution in [-0.4, -0.2) is 34.8 Å². The highest BCUT2D eigenvalue weighted by atomic mass is 16.2. The van der Waals surface area contributed by atoms with E-state index in [0.717, 1.165) is 6.42 Å². The van der Waals surface area contributed by atoms with E-state index >= 15 is 0 Å². The van der Waals surface area contributed by atoms with Crippen molar-refractivity contribution in [3.63, 3.8) is 0 Å². The first-order valence-corrected chi connectivity index (χ1v) is 5.78. The Morgan fingerprint density at radius 3 is 2.72 bits per heavy atom. The number of aryl methyl sites for hydroxylation is 1. The van der Waals surface area contributed by atoms with Crippen molar-refractivity contribution in [3.8, 4) is 0 Å². The summed E-state index contributed by atoms with van der Waals surface area (Å²) in [6.45, 7) is 1.94. The van der Waals surface area contributed by atoms with Gasteiger partial charge < -0.3 is 16.0 Å². The van der Waals surface area contributed by atoms with Crippen LogP contribution in [0.4, 0.5) is 10.5 Å². The number of carbonyl (C=O) groups excluding carboxylic acids is 2. The normalized spacial score (nSPS) is 11.9. The van der Waals surface area contributed by atoms with Gasteiger partial charge in [-0.3, -0.25) is 9.48 Å². The topological polar surface area (TPSA) is 93.2 Å². The van der Waals surface area contributed by atoms with Gasteiger partial charge in [0.1, 0.15) is 6.04 Å². The lowest BCUT2D eigenvalue weighted by Crippen LogP contribution is -2.49. The monoisotopic (exact) mass is 253 g/mol. The zero-order valence-electron chi connectivity index (χ0n) is 10.9. The van der Waals surface area contributed by atoms with E-state index in [1.807, 2.05) is 6.92 Å². The largest absolute Gasteiger partial charge is 0.352 e. The number of hydrogen-bond donors (Lipinski definition) is 2. The Bertz CT molecular complexity index is 429. The highest BCUT2D eigenvalue weighted by Crippen LogP contribution is 2.12. The van der Waals surface area contributed by atoms with Gasteiger partial charge in [0.25, 0.3) is 0 Å². The van der Waals surface area contributed by atoms with Crippen LogP contribution >= 0.6 is 0 Å². The highest BCUT2D eigenvalue weighted by molar-refractivity contribution is 5.98. The van der Waals surface area contributed by atoms with Gasteiger partial charge in [0.2, 0.25) is 5.91 Å². The summed E-state index contributed by atoms with van der Waals surface area (Å²) in [6, 6.07) is -1.29. The number of urea groups is 1. The molecule has 0 saturated heterocycles. The van der Waals surface area contributed by atoms with Gasteiger partial charge in [-0.25, -0.2) is 4.79 Å². The SMILES string of the molecule is CCC[C@@H](NC(N)=O)C(=O)N(C)c1cnn(C)c1. The fourth-order valence-electron chi connectivity index (χ4n) is 1.66. The summed E-state index contributed by atoms with van der Waals surface area (Å²) in [5.41, 5.74) is 5.74. The Labute approximate surface area is 106 Å². The molecule has 0 unspecified atom stereocenters. The van der Waals surface area contributed by atoms with E-state index < -0.39 is 12.1 Å². The van der Waals surface area contributed by atoms with Crippen LogP contribution < -0.4 is 16.0 Å². The number of aromatic nitrogens is 2. The molecule has 1 rings (SSSR count). The van der Waals surface area contributed by atoms with Crippen LogP contribution in [0.1, 0.15) is 19.8 Å². The maximum absolute atomic E-state index is 12.2. The smallest absolute Gasteiger partial charge is 0.312 e. The predicted molar refractivity (Wildman–Crippen MR) is 68.0 cm³/mol. The number of hydrogen-bond acceptors (Lipinski definition) is 3. The van der Waals surface area contributed by atoms with Gasteiger partial charge in [-0.1, -0.05) is 13.3 Å². The van der Waals surface area contributed by atoms with Crippen LogP contribution in [0, 0.1) is 0 Å². The summed E-state index contributed by atoms with van der Waals surface area (Å²) in [5.74, 6) is -0.205. The number of rotatable bonds is 5. The molecule has 1 aromatic heterocycles. The first-order chi connectivity index (χ1) is 8.45. The Morgan fingerprint density at radius 2 is 2.28 bits per heavy atom. The molecule has 0 aliphatic rings. The van der Waals surface area contributed by atoms with E-state index in [2.05, 4.69) is 10.4 Å². The van der Waals surface area contributed by atoms with E-state index in [1.54, 1.807) is 31.2 Å². The minimum Gasteiger partial charge on any atom is -0.352 e. The quantitative estimate of drug-likeness (QED) is 0.786. The number of amides is 3. The average Bonchev–Trinajstić information content (AvgIpc) is 2.73. The maximum Gasteiger partial charge on any atom is 0.312 e. The number of primary amides is 1.